The number of thiazole rings is 1. The van der Waals surface area contributed by atoms with Gasteiger partial charge in [-0.15, -0.1) is 11.3 Å². The van der Waals surface area contributed by atoms with Crippen LogP contribution in [0.15, 0.2) is 9.72 Å². The molecule has 0 saturated heterocycles. The van der Waals surface area contributed by atoms with Crippen molar-refractivity contribution in [2.24, 2.45) is 0 Å². The topological polar surface area (TPSA) is 62.2 Å². The average molecular weight is 260 g/mol. The number of nitrogens with one attached hydrogen (secondary N) is 1. The predicted molar refractivity (Wildman–Crippen MR) is 67.3 cm³/mol. The van der Waals surface area contributed by atoms with Gasteiger partial charge < -0.3 is 10.4 Å². The highest BCUT2D eigenvalue weighted by molar-refractivity contribution is 8.01. The molecule has 90 valence electrons. The van der Waals surface area contributed by atoms with E-state index in [0.717, 1.165) is 23.0 Å². The van der Waals surface area contributed by atoms with Crippen LogP contribution in [0.2, 0.25) is 0 Å². The maximum absolute atomic E-state index is 10.9. The van der Waals surface area contributed by atoms with E-state index < -0.39 is 12.0 Å². The van der Waals surface area contributed by atoms with Crippen molar-refractivity contribution in [3.05, 3.63) is 11.1 Å². The van der Waals surface area contributed by atoms with Crippen LogP contribution in [-0.4, -0.2) is 34.4 Å². The molecule has 0 aliphatic heterocycles. The Labute approximate surface area is 103 Å². The molecule has 1 aromatic rings. The Kier molecular flexibility index (Phi) is 5.79. The minimum absolute atomic E-state index is 0.492. The molecule has 1 rings (SSSR count). The van der Waals surface area contributed by atoms with E-state index in [1.165, 1.54) is 11.8 Å². The summed E-state index contributed by atoms with van der Waals surface area (Å²) in [7, 11) is 0. The number of hydrogen-bond acceptors (Lipinski definition) is 5. The van der Waals surface area contributed by atoms with E-state index in [-0.39, 0.29) is 0 Å². The Bertz CT molecular complexity index is 341. The molecule has 0 aromatic carbocycles. The van der Waals surface area contributed by atoms with Gasteiger partial charge in [-0.05, 0) is 19.9 Å². The van der Waals surface area contributed by atoms with Gasteiger partial charge in [-0.1, -0.05) is 18.7 Å². The second-order valence-corrected chi connectivity index (χ2v) is 5.54. The van der Waals surface area contributed by atoms with Gasteiger partial charge in [0.1, 0.15) is 10.4 Å². The highest BCUT2D eigenvalue weighted by Crippen LogP contribution is 2.22. The zero-order chi connectivity index (χ0) is 12.0. The van der Waals surface area contributed by atoms with Gasteiger partial charge in [0.2, 0.25) is 0 Å². The van der Waals surface area contributed by atoms with Crippen molar-refractivity contribution in [2.45, 2.75) is 30.6 Å². The third kappa shape index (κ3) is 4.51. The lowest BCUT2D eigenvalue weighted by Gasteiger charge is -2.12. The molecule has 1 aromatic heterocycles. The Hall–Kier alpha value is -0.590. The van der Waals surface area contributed by atoms with Crippen molar-refractivity contribution in [2.75, 3.05) is 12.3 Å². The van der Waals surface area contributed by atoms with E-state index in [4.69, 9.17) is 5.11 Å². The van der Waals surface area contributed by atoms with Crippen molar-refractivity contribution < 1.29 is 9.90 Å². The van der Waals surface area contributed by atoms with E-state index in [2.05, 4.69) is 10.3 Å². The van der Waals surface area contributed by atoms with E-state index in [1.54, 1.807) is 11.3 Å². The summed E-state index contributed by atoms with van der Waals surface area (Å²) in [6, 6.07) is -0.492. The fourth-order valence-corrected chi connectivity index (χ4v) is 3.01. The first-order valence-electron chi connectivity index (χ1n) is 5.14. The molecule has 0 radical (unpaired) electrons. The number of aryl methyl sites for hydroxylation is 1. The Morgan fingerprint density at radius 1 is 1.75 bits per heavy atom. The molecule has 2 N–H and O–H groups in total. The van der Waals surface area contributed by atoms with Gasteiger partial charge in [-0.25, -0.2) is 4.98 Å². The molecule has 4 nitrogen and oxygen atoms in total. The largest absolute Gasteiger partial charge is 0.480 e. The Morgan fingerprint density at radius 2 is 2.50 bits per heavy atom. The zero-order valence-electron chi connectivity index (χ0n) is 9.40. The summed E-state index contributed by atoms with van der Waals surface area (Å²) in [5.41, 5.74) is 0.987. The zero-order valence-corrected chi connectivity index (χ0v) is 11.0. The van der Waals surface area contributed by atoms with Crippen molar-refractivity contribution in [3.63, 3.8) is 0 Å². The third-order valence-corrected chi connectivity index (χ3v) is 4.14. The van der Waals surface area contributed by atoms with E-state index >= 15 is 0 Å². The van der Waals surface area contributed by atoms with Crippen LogP contribution in [0.25, 0.3) is 0 Å². The molecule has 6 heteroatoms. The van der Waals surface area contributed by atoms with Crippen molar-refractivity contribution in [3.8, 4) is 0 Å². The fourth-order valence-electron chi connectivity index (χ4n) is 1.09. The van der Waals surface area contributed by atoms with Crippen LogP contribution in [-0.2, 0) is 4.79 Å². The van der Waals surface area contributed by atoms with Gasteiger partial charge in [0.25, 0.3) is 0 Å². The summed E-state index contributed by atoms with van der Waals surface area (Å²) >= 11 is 3.05. The van der Waals surface area contributed by atoms with E-state index in [9.17, 15) is 4.79 Å². The van der Waals surface area contributed by atoms with Crippen molar-refractivity contribution in [1.82, 2.24) is 10.3 Å². The number of aliphatic carboxylic acids is 1. The SMILES string of the molecule is CCCNC(CSc1nc(C)cs1)C(=O)O. The molecule has 0 aliphatic rings. The van der Waals surface area contributed by atoms with Crippen LogP contribution in [0.3, 0.4) is 0 Å². The van der Waals surface area contributed by atoms with E-state index in [0.29, 0.717) is 5.75 Å². The van der Waals surface area contributed by atoms with Gasteiger partial charge in [0.15, 0.2) is 0 Å². The van der Waals surface area contributed by atoms with Crippen LogP contribution >= 0.6 is 23.1 Å². The summed E-state index contributed by atoms with van der Waals surface area (Å²) in [6.45, 7) is 4.68. The number of carbonyl (C=O) groups is 1. The molecule has 0 spiro atoms. The van der Waals surface area contributed by atoms with Gasteiger partial charge in [-0.2, -0.15) is 0 Å². The molecule has 1 atom stereocenters. The fraction of sp³-hybridized carbons (Fsp3) is 0.600. The van der Waals surface area contributed by atoms with Gasteiger partial charge in [-0.3, -0.25) is 4.79 Å². The summed E-state index contributed by atoms with van der Waals surface area (Å²) < 4.78 is 0.932. The lowest BCUT2D eigenvalue weighted by atomic mass is 10.3. The van der Waals surface area contributed by atoms with Crippen LogP contribution in [0, 0.1) is 6.92 Å². The Morgan fingerprint density at radius 3 is 3.00 bits per heavy atom. The molecule has 0 fully saturated rings. The van der Waals surface area contributed by atoms with Crippen molar-refractivity contribution >= 4 is 29.1 Å². The number of carboxylic acids is 1. The van der Waals surface area contributed by atoms with Gasteiger partial charge in [0, 0.05) is 16.8 Å². The molecule has 0 amide bonds. The van der Waals surface area contributed by atoms with Crippen LogP contribution < -0.4 is 5.32 Å². The normalized spacial score (nSPS) is 12.6. The average Bonchev–Trinajstić information content (AvgIpc) is 2.64. The summed E-state index contributed by atoms with van der Waals surface area (Å²) in [4.78, 5) is 15.2. The monoisotopic (exact) mass is 260 g/mol. The van der Waals surface area contributed by atoms with Gasteiger partial charge in [0.05, 0.1) is 0 Å². The number of aromatic nitrogens is 1. The molecule has 0 saturated carbocycles. The first-order chi connectivity index (χ1) is 7.63. The number of rotatable bonds is 7. The van der Waals surface area contributed by atoms with Gasteiger partial charge >= 0.3 is 5.97 Å². The molecule has 0 aliphatic carbocycles. The molecule has 0 bridgehead atoms. The van der Waals surface area contributed by atoms with E-state index in [1.807, 2.05) is 19.2 Å². The molecule has 16 heavy (non-hydrogen) atoms. The lowest BCUT2D eigenvalue weighted by molar-refractivity contribution is -0.138. The lowest BCUT2D eigenvalue weighted by Crippen LogP contribution is -2.39. The Balaban J connectivity index is 2.40. The smallest absolute Gasteiger partial charge is 0.321 e. The number of carboxylic acid groups (broad SMARTS) is 1. The predicted octanol–water partition coefficient (Wildman–Crippen LogP) is 2.00. The number of thioether (sulfide) groups is 1. The van der Waals surface area contributed by atoms with Crippen molar-refractivity contribution in [1.29, 1.82) is 0 Å². The maximum atomic E-state index is 10.9. The minimum Gasteiger partial charge on any atom is -0.480 e. The second kappa shape index (κ2) is 6.88. The summed E-state index contributed by atoms with van der Waals surface area (Å²) in [5.74, 6) is -0.281. The molecule has 1 heterocycles. The first kappa shape index (κ1) is 13.5. The standard InChI is InChI=1S/C10H16N2O2S2/c1-3-4-11-8(9(13)14)6-16-10-12-7(2)5-15-10/h5,8,11H,3-4,6H2,1-2H3,(H,13,14). The van der Waals surface area contributed by atoms with Crippen LogP contribution in [0.4, 0.5) is 0 Å². The third-order valence-electron chi connectivity index (χ3n) is 1.91. The second-order valence-electron chi connectivity index (χ2n) is 3.41. The highest BCUT2D eigenvalue weighted by Gasteiger charge is 2.17. The van der Waals surface area contributed by atoms with Crippen LogP contribution in [0.1, 0.15) is 19.0 Å². The molecule has 1 unspecified atom stereocenters. The first-order valence-corrected chi connectivity index (χ1v) is 7.01. The molecular formula is C10H16N2O2S2. The quantitative estimate of drug-likeness (QED) is 0.734. The number of hydrogen-bond donors (Lipinski definition) is 2. The molecular weight excluding hydrogens is 244 g/mol. The minimum atomic E-state index is -0.797. The summed E-state index contributed by atoms with van der Waals surface area (Å²) in [5, 5.41) is 14.0. The summed E-state index contributed by atoms with van der Waals surface area (Å²) in [6.07, 6.45) is 0.935. The number of nitrogens with zero attached hydrogens (tertiary/aromatic N) is 1. The highest BCUT2D eigenvalue weighted by atomic mass is 32.2. The maximum Gasteiger partial charge on any atom is 0.321 e. The van der Waals surface area contributed by atoms with Crippen LogP contribution in [0.5, 0.6) is 0 Å².